The van der Waals surface area contributed by atoms with Crippen molar-refractivity contribution in [1.29, 1.82) is 0 Å². The van der Waals surface area contributed by atoms with E-state index in [2.05, 4.69) is 26.0 Å². The third kappa shape index (κ3) is 2.97. The van der Waals surface area contributed by atoms with Crippen molar-refractivity contribution in [2.45, 2.75) is 97.0 Å². The van der Waals surface area contributed by atoms with Gasteiger partial charge >= 0.3 is 5.97 Å². The average Bonchev–Trinajstić information content (AvgIpc) is 3.10. The number of ether oxygens (including phenoxy) is 1. The number of hydrogen-bond acceptors (Lipinski definition) is 3. The molecule has 3 heteroatoms. The SMILES string of the molecule is CC12C=CC(C(=O)O[C@H]3CC[C@H]4[C@@H]5CCC6=CC(=O)CC[C@@H]6[C@H]5CC[C@]34C)(CC1)CC2. The third-order valence-electron chi connectivity index (χ3n) is 11.0. The zero-order valence-corrected chi connectivity index (χ0v) is 19.3. The maximum atomic E-state index is 13.4. The molecule has 0 amide bonds. The van der Waals surface area contributed by atoms with Crippen molar-refractivity contribution >= 4 is 11.8 Å². The maximum Gasteiger partial charge on any atom is 0.316 e. The van der Waals surface area contributed by atoms with Gasteiger partial charge in [0.15, 0.2) is 5.78 Å². The second kappa shape index (κ2) is 6.81. The molecule has 0 radical (unpaired) electrons. The highest BCUT2D eigenvalue weighted by Gasteiger charge is 2.58. The molecule has 2 bridgehead atoms. The van der Waals surface area contributed by atoms with Gasteiger partial charge in [-0.25, -0.2) is 0 Å². The van der Waals surface area contributed by atoms with E-state index in [4.69, 9.17) is 4.74 Å². The summed E-state index contributed by atoms with van der Waals surface area (Å²) in [5.41, 5.74) is 1.56. The molecule has 0 aliphatic heterocycles. The van der Waals surface area contributed by atoms with Gasteiger partial charge < -0.3 is 4.74 Å². The number of carbonyl (C=O) groups is 2. The number of fused-ring (bicyclic) bond motifs is 7. The fourth-order valence-electron chi connectivity index (χ4n) is 8.81. The lowest BCUT2D eigenvalue weighted by molar-refractivity contribution is -0.171. The van der Waals surface area contributed by atoms with Gasteiger partial charge in [0.2, 0.25) is 0 Å². The van der Waals surface area contributed by atoms with Crippen molar-refractivity contribution in [3.05, 3.63) is 23.8 Å². The van der Waals surface area contributed by atoms with E-state index in [1.165, 1.54) is 31.3 Å². The first kappa shape index (κ1) is 20.2. The molecule has 6 atom stereocenters. The molecule has 3 nitrogen and oxygen atoms in total. The number of ketones is 1. The van der Waals surface area contributed by atoms with Gasteiger partial charge in [0.25, 0.3) is 0 Å². The largest absolute Gasteiger partial charge is 0.461 e. The van der Waals surface area contributed by atoms with Gasteiger partial charge in [-0.15, -0.1) is 0 Å². The summed E-state index contributed by atoms with van der Waals surface area (Å²) >= 11 is 0. The normalized spacial score (nSPS) is 50.3. The lowest BCUT2D eigenvalue weighted by Crippen LogP contribution is -2.49. The first-order valence-electron chi connectivity index (χ1n) is 13.0. The molecule has 0 heterocycles. The molecule has 0 spiro atoms. The van der Waals surface area contributed by atoms with Crippen molar-refractivity contribution in [1.82, 2.24) is 0 Å². The molecular formula is C28H38O3. The van der Waals surface area contributed by atoms with Crippen LogP contribution in [0.5, 0.6) is 0 Å². The van der Waals surface area contributed by atoms with Crippen LogP contribution in [0.1, 0.15) is 90.9 Å². The van der Waals surface area contributed by atoms with E-state index in [0.717, 1.165) is 63.2 Å². The van der Waals surface area contributed by atoms with Crippen molar-refractivity contribution < 1.29 is 14.3 Å². The molecule has 0 aromatic carbocycles. The second-order valence-electron chi connectivity index (χ2n) is 12.5. The summed E-state index contributed by atoms with van der Waals surface area (Å²) in [5.74, 6) is 3.23. The van der Waals surface area contributed by atoms with Crippen LogP contribution in [0.25, 0.3) is 0 Å². The Hall–Kier alpha value is -1.38. The van der Waals surface area contributed by atoms with Crippen LogP contribution < -0.4 is 0 Å². The predicted octanol–water partition coefficient (Wildman–Crippen LogP) is 6.18. The predicted molar refractivity (Wildman–Crippen MR) is 120 cm³/mol. The van der Waals surface area contributed by atoms with Gasteiger partial charge in [-0.3, -0.25) is 9.59 Å². The number of rotatable bonds is 2. The monoisotopic (exact) mass is 422 g/mol. The quantitative estimate of drug-likeness (QED) is 0.394. The van der Waals surface area contributed by atoms with Crippen LogP contribution in [0.3, 0.4) is 0 Å². The Balaban J connectivity index is 1.19. The van der Waals surface area contributed by atoms with Crippen LogP contribution in [-0.2, 0) is 14.3 Å². The zero-order valence-electron chi connectivity index (χ0n) is 19.3. The van der Waals surface area contributed by atoms with E-state index < -0.39 is 0 Å². The van der Waals surface area contributed by atoms with Gasteiger partial charge in [0, 0.05) is 11.8 Å². The van der Waals surface area contributed by atoms with Crippen LogP contribution in [0, 0.1) is 39.9 Å². The minimum Gasteiger partial charge on any atom is -0.461 e. The molecule has 7 aliphatic rings. The lowest BCUT2D eigenvalue weighted by Gasteiger charge is -2.54. The van der Waals surface area contributed by atoms with E-state index >= 15 is 0 Å². The molecule has 4 fully saturated rings. The van der Waals surface area contributed by atoms with Gasteiger partial charge in [0.05, 0.1) is 5.41 Å². The van der Waals surface area contributed by atoms with E-state index in [1.54, 1.807) is 0 Å². The number of carbonyl (C=O) groups excluding carboxylic acids is 2. The molecular weight excluding hydrogens is 384 g/mol. The number of esters is 1. The minimum atomic E-state index is -0.345. The summed E-state index contributed by atoms with van der Waals surface area (Å²) in [6.45, 7) is 4.76. The summed E-state index contributed by atoms with van der Waals surface area (Å²) in [6.07, 6.45) is 19.6. The summed E-state index contributed by atoms with van der Waals surface area (Å²) in [6, 6.07) is 0. The molecule has 4 saturated carbocycles. The van der Waals surface area contributed by atoms with Gasteiger partial charge in [-0.1, -0.05) is 31.6 Å². The summed E-state index contributed by atoms with van der Waals surface area (Å²) < 4.78 is 6.43. The first-order valence-corrected chi connectivity index (χ1v) is 13.0. The molecule has 168 valence electrons. The molecule has 0 aromatic rings. The molecule has 0 unspecified atom stereocenters. The topological polar surface area (TPSA) is 43.4 Å². The molecule has 31 heavy (non-hydrogen) atoms. The fourth-order valence-corrected chi connectivity index (χ4v) is 8.81. The smallest absolute Gasteiger partial charge is 0.316 e. The molecule has 7 rings (SSSR count). The standard InChI is InChI=1S/C28H38O3/c1-26-11-14-28(15-12-26,16-13-26)25(30)31-24-8-7-23-22-5-3-18-17-19(29)4-6-20(18)21(22)9-10-27(23,24)2/h11,14,17,20-24H,3-10,12-13,15-16H2,1-2H3/t20-,21+,22+,23-,24-,26?,27-,28?/m0/s1. The number of hydrogen-bond donors (Lipinski definition) is 0. The third-order valence-corrected chi connectivity index (χ3v) is 11.0. The molecule has 0 aromatic heterocycles. The summed E-state index contributed by atoms with van der Waals surface area (Å²) in [5, 5.41) is 0. The Labute approximate surface area is 187 Å². The number of allylic oxidation sites excluding steroid dienone is 2. The van der Waals surface area contributed by atoms with E-state index in [1.807, 2.05) is 6.08 Å². The Morgan fingerprint density at radius 1 is 0.903 bits per heavy atom. The van der Waals surface area contributed by atoms with Crippen molar-refractivity contribution in [3.63, 3.8) is 0 Å². The Morgan fingerprint density at radius 2 is 1.71 bits per heavy atom. The second-order valence-corrected chi connectivity index (χ2v) is 12.5. The van der Waals surface area contributed by atoms with Crippen LogP contribution in [0.15, 0.2) is 23.8 Å². The Morgan fingerprint density at radius 3 is 2.45 bits per heavy atom. The van der Waals surface area contributed by atoms with Gasteiger partial charge in [-0.2, -0.15) is 0 Å². The van der Waals surface area contributed by atoms with Crippen LogP contribution >= 0.6 is 0 Å². The van der Waals surface area contributed by atoms with Crippen molar-refractivity contribution in [2.24, 2.45) is 39.9 Å². The highest BCUT2D eigenvalue weighted by molar-refractivity contribution is 5.91. The van der Waals surface area contributed by atoms with E-state index in [9.17, 15) is 9.59 Å². The molecule has 7 aliphatic carbocycles. The van der Waals surface area contributed by atoms with Crippen LogP contribution in [0.2, 0.25) is 0 Å². The highest BCUT2D eigenvalue weighted by atomic mass is 16.5. The first-order chi connectivity index (χ1) is 14.8. The average molecular weight is 423 g/mol. The zero-order chi connectivity index (χ0) is 21.4. The maximum absolute atomic E-state index is 13.4. The van der Waals surface area contributed by atoms with Gasteiger partial charge in [0.1, 0.15) is 6.10 Å². The Bertz CT molecular complexity index is 857. The van der Waals surface area contributed by atoms with E-state index in [-0.39, 0.29) is 22.9 Å². The summed E-state index contributed by atoms with van der Waals surface area (Å²) in [7, 11) is 0. The van der Waals surface area contributed by atoms with Gasteiger partial charge in [-0.05, 0) is 106 Å². The molecule has 0 saturated heterocycles. The van der Waals surface area contributed by atoms with Crippen molar-refractivity contribution in [3.8, 4) is 0 Å². The summed E-state index contributed by atoms with van der Waals surface area (Å²) in [4.78, 5) is 25.4. The Kier molecular flexibility index (Phi) is 4.45. The highest BCUT2D eigenvalue weighted by Crippen LogP contribution is 2.63. The fraction of sp³-hybridized carbons (Fsp3) is 0.786. The lowest BCUT2D eigenvalue weighted by atomic mass is 9.52. The minimum absolute atomic E-state index is 0.0687. The van der Waals surface area contributed by atoms with Crippen LogP contribution in [-0.4, -0.2) is 17.9 Å². The van der Waals surface area contributed by atoms with Crippen molar-refractivity contribution in [2.75, 3.05) is 0 Å². The molecule has 0 N–H and O–H groups in total. The van der Waals surface area contributed by atoms with Crippen LogP contribution in [0.4, 0.5) is 0 Å². The van der Waals surface area contributed by atoms with E-state index in [0.29, 0.717) is 23.0 Å².